The van der Waals surface area contributed by atoms with Crippen LogP contribution in [-0.4, -0.2) is 37.2 Å². The summed E-state index contributed by atoms with van der Waals surface area (Å²) >= 11 is 0. The van der Waals surface area contributed by atoms with E-state index in [0.717, 1.165) is 148 Å². The Morgan fingerprint density at radius 2 is 0.554 bits per heavy atom. The molecule has 0 radical (unpaired) electrons. The van der Waals surface area contributed by atoms with E-state index in [1.54, 1.807) is 0 Å². The van der Waals surface area contributed by atoms with Crippen LogP contribution in [0.3, 0.4) is 0 Å². The molecule has 0 N–H and O–H groups in total. The van der Waals surface area contributed by atoms with E-state index in [4.69, 9.17) is 14.2 Å². The van der Waals surface area contributed by atoms with Crippen LogP contribution < -0.4 is 0 Å². The SMILES string of the molecule is CC/C=C\C/C=C\C/C=C\C/C=C\C/C=C\CCCCCCCCCCCCCC(=O)OCC(COC(=O)CCCCCCC/C=C\C/C=C\CCC)OC(=O)CCCCCCC/C=C\C/C=C\CCCCCC. The number of rotatable bonds is 55. The van der Waals surface area contributed by atoms with Gasteiger partial charge < -0.3 is 14.2 Å². The molecule has 0 spiro atoms. The molecule has 74 heavy (non-hydrogen) atoms. The maximum absolute atomic E-state index is 12.9. The van der Waals surface area contributed by atoms with E-state index in [1.165, 1.54) is 96.3 Å². The van der Waals surface area contributed by atoms with Gasteiger partial charge in [0.2, 0.25) is 0 Å². The highest BCUT2D eigenvalue weighted by Gasteiger charge is 2.19. The Morgan fingerprint density at radius 1 is 0.284 bits per heavy atom. The number of hydrogen-bond acceptors (Lipinski definition) is 6. The van der Waals surface area contributed by atoms with E-state index in [2.05, 4.69) is 130 Å². The van der Waals surface area contributed by atoms with Crippen molar-refractivity contribution < 1.29 is 28.6 Å². The van der Waals surface area contributed by atoms with Gasteiger partial charge in [-0.3, -0.25) is 14.4 Å². The molecule has 0 fully saturated rings. The molecule has 0 aliphatic heterocycles. The van der Waals surface area contributed by atoms with Gasteiger partial charge in [-0.25, -0.2) is 0 Å². The van der Waals surface area contributed by atoms with E-state index in [-0.39, 0.29) is 31.1 Å². The number of carbonyl (C=O) groups is 3. The molecule has 0 bridgehead atoms. The van der Waals surface area contributed by atoms with Crippen molar-refractivity contribution >= 4 is 17.9 Å². The first-order valence-electron chi connectivity index (χ1n) is 30.9. The van der Waals surface area contributed by atoms with Crippen LogP contribution >= 0.6 is 0 Å². The molecule has 6 heteroatoms. The van der Waals surface area contributed by atoms with Gasteiger partial charge in [-0.2, -0.15) is 0 Å². The van der Waals surface area contributed by atoms with Crippen molar-refractivity contribution in [2.24, 2.45) is 0 Å². The number of unbranched alkanes of at least 4 members (excludes halogenated alkanes) is 26. The van der Waals surface area contributed by atoms with Crippen molar-refractivity contribution in [3.63, 3.8) is 0 Å². The van der Waals surface area contributed by atoms with Crippen LogP contribution in [0.1, 0.15) is 284 Å². The highest BCUT2D eigenvalue weighted by molar-refractivity contribution is 5.71. The number of esters is 3. The summed E-state index contributed by atoms with van der Waals surface area (Å²) in [5, 5.41) is 0. The third-order valence-corrected chi connectivity index (χ3v) is 13.0. The van der Waals surface area contributed by atoms with Gasteiger partial charge in [0.1, 0.15) is 13.2 Å². The largest absolute Gasteiger partial charge is 0.462 e. The number of carbonyl (C=O) groups excluding carboxylic acids is 3. The highest BCUT2D eigenvalue weighted by atomic mass is 16.6. The van der Waals surface area contributed by atoms with Gasteiger partial charge in [0.05, 0.1) is 0 Å². The second-order valence-electron chi connectivity index (χ2n) is 20.2. The lowest BCUT2D eigenvalue weighted by Gasteiger charge is -2.18. The molecule has 1 atom stereocenters. The minimum Gasteiger partial charge on any atom is -0.462 e. The molecule has 422 valence electrons. The summed E-state index contributed by atoms with van der Waals surface area (Å²) in [4.78, 5) is 38.2. The Balaban J connectivity index is 4.32. The lowest BCUT2D eigenvalue weighted by molar-refractivity contribution is -0.167. The third-order valence-electron chi connectivity index (χ3n) is 13.0. The molecule has 0 amide bonds. The molecule has 0 aliphatic rings. The molecule has 0 aromatic carbocycles. The molecule has 0 rings (SSSR count). The first-order valence-corrected chi connectivity index (χ1v) is 30.9. The van der Waals surface area contributed by atoms with Crippen molar-refractivity contribution in [1.29, 1.82) is 0 Å². The zero-order valence-electron chi connectivity index (χ0n) is 48.3. The Morgan fingerprint density at radius 3 is 0.878 bits per heavy atom. The summed E-state index contributed by atoms with van der Waals surface area (Å²) in [6.45, 7) is 6.43. The monoisotopic (exact) mass is 1030 g/mol. The second kappa shape index (κ2) is 61.6. The Labute approximate surface area is 457 Å². The smallest absolute Gasteiger partial charge is 0.306 e. The number of ether oxygens (including phenoxy) is 3. The molecule has 0 heterocycles. The topological polar surface area (TPSA) is 78.9 Å². The fourth-order valence-electron chi connectivity index (χ4n) is 8.36. The normalized spacial score (nSPS) is 12.9. The fourth-order valence-corrected chi connectivity index (χ4v) is 8.36. The summed E-state index contributed by atoms with van der Waals surface area (Å²) in [5.74, 6) is -0.917. The average Bonchev–Trinajstić information content (AvgIpc) is 3.40. The lowest BCUT2D eigenvalue weighted by Crippen LogP contribution is -2.30. The van der Waals surface area contributed by atoms with E-state index in [1.807, 2.05) is 0 Å². The van der Waals surface area contributed by atoms with Crippen LogP contribution in [0.4, 0.5) is 0 Å². The molecule has 6 nitrogen and oxygen atoms in total. The van der Waals surface area contributed by atoms with Crippen molar-refractivity contribution in [3.05, 3.63) is 109 Å². The molecule has 0 saturated carbocycles. The first kappa shape index (κ1) is 70.1. The Hall–Kier alpha value is -3.93. The quantitative estimate of drug-likeness (QED) is 0.0261. The molecule has 1 unspecified atom stereocenters. The fraction of sp³-hybridized carbons (Fsp3) is 0.691. The van der Waals surface area contributed by atoms with Gasteiger partial charge in [0.25, 0.3) is 0 Å². The summed E-state index contributed by atoms with van der Waals surface area (Å²) < 4.78 is 16.9. The summed E-state index contributed by atoms with van der Waals surface area (Å²) in [6, 6.07) is 0. The van der Waals surface area contributed by atoms with Gasteiger partial charge in [-0.15, -0.1) is 0 Å². The number of hydrogen-bond donors (Lipinski definition) is 0. The zero-order valence-corrected chi connectivity index (χ0v) is 48.3. The predicted molar refractivity (Wildman–Crippen MR) is 320 cm³/mol. The van der Waals surface area contributed by atoms with Crippen LogP contribution in [0.25, 0.3) is 0 Å². The Bertz CT molecular complexity index is 1510. The molecule has 0 aromatic rings. The van der Waals surface area contributed by atoms with Crippen LogP contribution in [0.5, 0.6) is 0 Å². The van der Waals surface area contributed by atoms with Crippen LogP contribution in [-0.2, 0) is 28.6 Å². The van der Waals surface area contributed by atoms with Gasteiger partial charge in [-0.05, 0) is 122 Å². The minimum atomic E-state index is -0.794. The summed E-state index contributed by atoms with van der Waals surface area (Å²) in [7, 11) is 0. The van der Waals surface area contributed by atoms with Crippen molar-refractivity contribution in [2.45, 2.75) is 290 Å². The van der Waals surface area contributed by atoms with Gasteiger partial charge in [0.15, 0.2) is 6.10 Å². The van der Waals surface area contributed by atoms with Crippen molar-refractivity contribution in [3.8, 4) is 0 Å². The van der Waals surface area contributed by atoms with Gasteiger partial charge in [0, 0.05) is 19.3 Å². The van der Waals surface area contributed by atoms with E-state index in [0.29, 0.717) is 19.3 Å². The molecular formula is C68H114O6. The van der Waals surface area contributed by atoms with Crippen LogP contribution in [0.2, 0.25) is 0 Å². The maximum Gasteiger partial charge on any atom is 0.306 e. The predicted octanol–water partition coefficient (Wildman–Crippen LogP) is 21.0. The van der Waals surface area contributed by atoms with E-state index in [9.17, 15) is 14.4 Å². The van der Waals surface area contributed by atoms with Gasteiger partial charge >= 0.3 is 17.9 Å². The zero-order chi connectivity index (χ0) is 53.6. The Kier molecular flexibility index (Phi) is 58.3. The molecule has 0 aliphatic carbocycles. The van der Waals surface area contributed by atoms with Crippen LogP contribution in [0.15, 0.2) is 109 Å². The van der Waals surface area contributed by atoms with E-state index < -0.39 is 6.10 Å². The standard InChI is InChI=1S/C68H114O6/c1-4-7-10-13-16-19-22-25-27-29-30-31-32-33-34-35-36-37-38-39-41-43-46-49-52-55-58-61-67(70)73-64-65(63-72-66(69)60-57-54-51-48-45-42-24-21-18-15-12-9-6-3)74-68(71)62-59-56-53-50-47-44-40-28-26-23-20-17-14-11-8-5-2/h7,10,12,15-16,19-21,23-25,27-28,30-31,33-34,40,65H,4-6,8-9,11,13-14,17-18,22,26,29,32,35-39,41-64H2,1-3H3/b10-7-,15-12-,19-16-,23-20-,24-21-,27-25-,31-30-,34-33-,40-28-. The number of allylic oxidation sites excluding steroid dienone is 18. The van der Waals surface area contributed by atoms with Crippen LogP contribution in [0, 0.1) is 0 Å². The minimum absolute atomic E-state index is 0.0903. The average molecular weight is 1030 g/mol. The lowest BCUT2D eigenvalue weighted by atomic mass is 10.0. The summed E-state index contributed by atoms with van der Waals surface area (Å²) in [6.07, 6.45) is 83.7. The molecule has 0 saturated heterocycles. The molecular weight excluding hydrogens is 913 g/mol. The van der Waals surface area contributed by atoms with Gasteiger partial charge in [-0.1, -0.05) is 252 Å². The third kappa shape index (κ3) is 59.0. The van der Waals surface area contributed by atoms with E-state index >= 15 is 0 Å². The molecule has 0 aromatic heterocycles. The van der Waals surface area contributed by atoms with Crippen molar-refractivity contribution in [1.82, 2.24) is 0 Å². The summed E-state index contributed by atoms with van der Waals surface area (Å²) in [5.41, 5.74) is 0. The first-order chi connectivity index (χ1) is 36.5. The second-order valence-corrected chi connectivity index (χ2v) is 20.2. The maximum atomic E-state index is 12.9. The highest BCUT2D eigenvalue weighted by Crippen LogP contribution is 2.15. The van der Waals surface area contributed by atoms with Crippen molar-refractivity contribution in [2.75, 3.05) is 13.2 Å².